The van der Waals surface area contributed by atoms with Gasteiger partial charge >= 0.3 is 0 Å². The molecule has 0 atom stereocenters. The van der Waals surface area contributed by atoms with Crippen LogP contribution in [0.5, 0.6) is 5.75 Å². The molecule has 0 aliphatic carbocycles. The Hall–Kier alpha value is -2.20. The average Bonchev–Trinajstić information content (AvgIpc) is 2.64. The molecule has 1 saturated heterocycles. The summed E-state index contributed by atoms with van der Waals surface area (Å²) in [5.41, 5.74) is 2.06. The van der Waals surface area contributed by atoms with Gasteiger partial charge in [0.1, 0.15) is 5.75 Å². The molecule has 0 N–H and O–H groups in total. The van der Waals surface area contributed by atoms with Crippen molar-refractivity contribution in [2.45, 2.75) is 13.3 Å². The van der Waals surface area contributed by atoms with Crippen molar-refractivity contribution in [3.63, 3.8) is 0 Å². The van der Waals surface area contributed by atoms with Crippen LogP contribution in [-0.4, -0.2) is 43.6 Å². The van der Waals surface area contributed by atoms with Crippen LogP contribution < -0.4 is 9.64 Å². The molecule has 5 heteroatoms. The van der Waals surface area contributed by atoms with Crippen molar-refractivity contribution in [2.75, 3.05) is 37.7 Å². The monoisotopic (exact) mass is 358 g/mol. The Kier molecular flexibility index (Phi) is 5.82. The predicted octanol–water partition coefficient (Wildman–Crippen LogP) is 3.63. The molecule has 1 amide bonds. The number of piperazine rings is 1. The van der Waals surface area contributed by atoms with Gasteiger partial charge in [-0.05, 0) is 36.8 Å². The van der Waals surface area contributed by atoms with Crippen molar-refractivity contribution in [3.8, 4) is 5.75 Å². The maximum atomic E-state index is 12.5. The zero-order valence-corrected chi connectivity index (χ0v) is 15.2. The minimum atomic E-state index is 0.169. The molecule has 1 aliphatic rings. The van der Waals surface area contributed by atoms with Crippen LogP contribution >= 0.6 is 11.6 Å². The molecule has 132 valence electrons. The molecule has 2 aromatic rings. The molecule has 0 radical (unpaired) electrons. The summed E-state index contributed by atoms with van der Waals surface area (Å²) in [6.07, 6.45) is 0.429. The van der Waals surface area contributed by atoms with Gasteiger partial charge in [0.05, 0.1) is 23.7 Å². The number of amides is 1. The molecule has 0 spiro atoms. The van der Waals surface area contributed by atoms with Crippen LogP contribution in [0.25, 0.3) is 0 Å². The lowest BCUT2D eigenvalue weighted by Crippen LogP contribution is -2.49. The van der Waals surface area contributed by atoms with Gasteiger partial charge in [0.25, 0.3) is 0 Å². The lowest BCUT2D eigenvalue weighted by atomic mass is 10.1. The van der Waals surface area contributed by atoms with Gasteiger partial charge in [0.2, 0.25) is 5.91 Å². The van der Waals surface area contributed by atoms with Gasteiger partial charge < -0.3 is 14.5 Å². The van der Waals surface area contributed by atoms with Crippen LogP contribution in [0.15, 0.2) is 48.5 Å². The first kappa shape index (κ1) is 17.6. The molecule has 1 aliphatic heterocycles. The van der Waals surface area contributed by atoms with E-state index in [-0.39, 0.29) is 5.91 Å². The van der Waals surface area contributed by atoms with E-state index in [0.717, 1.165) is 48.2 Å². The number of carbonyl (C=O) groups is 1. The molecule has 4 nitrogen and oxygen atoms in total. The lowest BCUT2D eigenvalue weighted by Gasteiger charge is -2.36. The van der Waals surface area contributed by atoms with E-state index in [9.17, 15) is 4.79 Å². The predicted molar refractivity (Wildman–Crippen MR) is 102 cm³/mol. The van der Waals surface area contributed by atoms with Crippen molar-refractivity contribution in [1.82, 2.24) is 4.90 Å². The Morgan fingerprint density at radius 2 is 1.72 bits per heavy atom. The molecule has 0 bridgehead atoms. The van der Waals surface area contributed by atoms with Crippen molar-refractivity contribution >= 4 is 23.2 Å². The van der Waals surface area contributed by atoms with Crippen molar-refractivity contribution in [2.24, 2.45) is 0 Å². The third-order valence-electron chi connectivity index (χ3n) is 4.42. The fraction of sp³-hybridized carbons (Fsp3) is 0.350. The number of nitrogens with zero attached hydrogens (tertiary/aromatic N) is 2. The highest BCUT2D eigenvalue weighted by Gasteiger charge is 2.22. The van der Waals surface area contributed by atoms with Crippen LogP contribution in [0.4, 0.5) is 5.69 Å². The van der Waals surface area contributed by atoms with E-state index >= 15 is 0 Å². The highest BCUT2D eigenvalue weighted by molar-refractivity contribution is 6.33. The highest BCUT2D eigenvalue weighted by atomic mass is 35.5. The second-order valence-electron chi connectivity index (χ2n) is 6.07. The largest absolute Gasteiger partial charge is 0.494 e. The standard InChI is InChI=1S/C20H23ClN2O2/c1-2-25-17-9-7-16(8-10-17)15-20(24)23-13-11-22(12-14-23)19-6-4-3-5-18(19)21/h3-10H,2,11-15H2,1H3. The molecule has 25 heavy (non-hydrogen) atoms. The lowest BCUT2D eigenvalue weighted by molar-refractivity contribution is -0.130. The summed E-state index contributed by atoms with van der Waals surface area (Å²) >= 11 is 6.27. The maximum Gasteiger partial charge on any atom is 0.227 e. The molecule has 0 aromatic heterocycles. The average molecular weight is 359 g/mol. The van der Waals surface area contributed by atoms with Gasteiger partial charge in [-0.15, -0.1) is 0 Å². The quantitative estimate of drug-likeness (QED) is 0.818. The van der Waals surface area contributed by atoms with E-state index in [1.807, 2.05) is 60.4 Å². The summed E-state index contributed by atoms with van der Waals surface area (Å²) in [7, 11) is 0. The summed E-state index contributed by atoms with van der Waals surface area (Å²) < 4.78 is 5.43. The van der Waals surface area contributed by atoms with Gasteiger partial charge in [-0.25, -0.2) is 0 Å². The Balaban J connectivity index is 1.54. The van der Waals surface area contributed by atoms with E-state index in [0.29, 0.717) is 13.0 Å². The first-order valence-electron chi connectivity index (χ1n) is 8.66. The maximum absolute atomic E-state index is 12.5. The molecular formula is C20H23ClN2O2. The molecule has 2 aromatic carbocycles. The number of rotatable bonds is 5. The van der Waals surface area contributed by atoms with E-state index in [1.54, 1.807) is 0 Å². The van der Waals surface area contributed by atoms with Crippen molar-refractivity contribution in [1.29, 1.82) is 0 Å². The summed E-state index contributed by atoms with van der Waals surface area (Å²) in [6.45, 7) is 5.66. The number of para-hydroxylation sites is 1. The van der Waals surface area contributed by atoms with E-state index in [1.165, 1.54) is 0 Å². The number of ether oxygens (including phenoxy) is 1. The van der Waals surface area contributed by atoms with E-state index < -0.39 is 0 Å². The zero-order chi connectivity index (χ0) is 17.6. The number of benzene rings is 2. The molecule has 0 unspecified atom stereocenters. The van der Waals surface area contributed by atoms with E-state index in [4.69, 9.17) is 16.3 Å². The Morgan fingerprint density at radius 3 is 2.36 bits per heavy atom. The Bertz CT molecular complexity index is 710. The van der Waals surface area contributed by atoms with Gasteiger partial charge in [-0.1, -0.05) is 35.9 Å². The summed E-state index contributed by atoms with van der Waals surface area (Å²) in [4.78, 5) is 16.7. The molecule has 0 saturated carbocycles. The van der Waals surface area contributed by atoms with Crippen molar-refractivity contribution in [3.05, 3.63) is 59.1 Å². The number of carbonyl (C=O) groups excluding carboxylic acids is 1. The minimum Gasteiger partial charge on any atom is -0.494 e. The van der Waals surface area contributed by atoms with Crippen LogP contribution in [0.1, 0.15) is 12.5 Å². The molecule has 1 fully saturated rings. The number of hydrogen-bond acceptors (Lipinski definition) is 3. The fourth-order valence-corrected chi connectivity index (χ4v) is 3.32. The first-order valence-corrected chi connectivity index (χ1v) is 9.04. The number of anilines is 1. The van der Waals surface area contributed by atoms with Gasteiger partial charge in [-0.2, -0.15) is 0 Å². The second kappa shape index (κ2) is 8.26. The SMILES string of the molecule is CCOc1ccc(CC(=O)N2CCN(c3ccccc3Cl)CC2)cc1. The van der Waals surface area contributed by atoms with Gasteiger partial charge in [0, 0.05) is 26.2 Å². The van der Waals surface area contributed by atoms with Crippen molar-refractivity contribution < 1.29 is 9.53 Å². The first-order chi connectivity index (χ1) is 12.2. The Labute approximate surface area is 154 Å². The number of hydrogen-bond donors (Lipinski definition) is 0. The summed E-state index contributed by atoms with van der Waals surface area (Å²) in [6, 6.07) is 15.6. The molecule has 3 rings (SSSR count). The smallest absolute Gasteiger partial charge is 0.227 e. The number of halogens is 1. The van der Waals surface area contributed by atoms with Gasteiger partial charge in [-0.3, -0.25) is 4.79 Å². The zero-order valence-electron chi connectivity index (χ0n) is 14.5. The summed E-state index contributed by atoms with van der Waals surface area (Å²) in [5.74, 6) is 1.01. The summed E-state index contributed by atoms with van der Waals surface area (Å²) in [5, 5.41) is 0.761. The van der Waals surface area contributed by atoms with Crippen LogP contribution in [-0.2, 0) is 11.2 Å². The second-order valence-corrected chi connectivity index (χ2v) is 6.48. The normalized spacial score (nSPS) is 14.5. The molecule has 1 heterocycles. The third-order valence-corrected chi connectivity index (χ3v) is 4.73. The topological polar surface area (TPSA) is 32.8 Å². The molecular weight excluding hydrogens is 336 g/mol. The van der Waals surface area contributed by atoms with E-state index in [2.05, 4.69) is 4.90 Å². The van der Waals surface area contributed by atoms with Gasteiger partial charge in [0.15, 0.2) is 0 Å². The third kappa shape index (κ3) is 4.45. The van der Waals surface area contributed by atoms with Crippen LogP contribution in [0.2, 0.25) is 5.02 Å². The van der Waals surface area contributed by atoms with Crippen LogP contribution in [0, 0.1) is 0 Å². The highest BCUT2D eigenvalue weighted by Crippen LogP contribution is 2.26. The fourth-order valence-electron chi connectivity index (χ4n) is 3.06. The van der Waals surface area contributed by atoms with Crippen LogP contribution in [0.3, 0.4) is 0 Å². The Morgan fingerprint density at radius 1 is 1.04 bits per heavy atom. The minimum absolute atomic E-state index is 0.169.